The fraction of sp³-hybridized carbons (Fsp3) is 0.0357. The number of fused-ring (bicyclic) bond motifs is 3. The molecule has 0 saturated carbocycles. The Morgan fingerprint density at radius 2 is 1.19 bits per heavy atom. The minimum Gasteiger partial charge on any atom is -0.394 e. The van der Waals surface area contributed by atoms with Gasteiger partial charge >= 0.3 is 6.98 Å². The van der Waals surface area contributed by atoms with E-state index in [0.29, 0.717) is 0 Å². The fourth-order valence-corrected chi connectivity index (χ4v) is 4.92. The SMILES string of the molecule is CN1B(c2c(-c3ccccc3)cccc2-c2ccccc2)n2ccnc2-c2ccccc21. The summed E-state index contributed by atoms with van der Waals surface area (Å²) in [6.07, 6.45) is 4.01. The van der Waals surface area contributed by atoms with Crippen molar-refractivity contribution in [3.8, 4) is 33.6 Å². The molecule has 3 nitrogen and oxygen atoms in total. The number of hydrogen-bond donors (Lipinski definition) is 0. The first-order valence-corrected chi connectivity index (χ1v) is 10.9. The highest BCUT2D eigenvalue weighted by Crippen LogP contribution is 2.36. The van der Waals surface area contributed by atoms with Crippen LogP contribution in [0.4, 0.5) is 5.69 Å². The van der Waals surface area contributed by atoms with Crippen LogP contribution in [0.25, 0.3) is 33.6 Å². The van der Waals surface area contributed by atoms with Crippen LogP contribution in [-0.2, 0) is 0 Å². The maximum absolute atomic E-state index is 4.75. The van der Waals surface area contributed by atoms with Crippen molar-refractivity contribution in [2.45, 2.75) is 0 Å². The molecule has 5 aromatic rings. The Bertz CT molecular complexity index is 1340. The van der Waals surface area contributed by atoms with E-state index in [1.165, 1.54) is 33.4 Å². The lowest BCUT2D eigenvalue weighted by molar-refractivity contribution is 1.09. The van der Waals surface area contributed by atoms with Crippen LogP contribution in [0.15, 0.2) is 116 Å². The van der Waals surface area contributed by atoms with Gasteiger partial charge in [0.05, 0.1) is 0 Å². The van der Waals surface area contributed by atoms with Crippen molar-refractivity contribution < 1.29 is 0 Å². The molecule has 0 radical (unpaired) electrons. The first-order chi connectivity index (χ1) is 15.8. The number of hydrogen-bond acceptors (Lipinski definition) is 2. The minimum atomic E-state index is -0.0194. The molecule has 32 heavy (non-hydrogen) atoms. The molecule has 1 aliphatic rings. The van der Waals surface area contributed by atoms with Gasteiger partial charge in [0, 0.05) is 23.6 Å². The highest BCUT2D eigenvalue weighted by atomic mass is 15.2. The van der Waals surface area contributed by atoms with E-state index in [0.717, 1.165) is 11.4 Å². The Balaban J connectivity index is 1.67. The summed E-state index contributed by atoms with van der Waals surface area (Å²) in [5.41, 5.74) is 8.54. The van der Waals surface area contributed by atoms with Crippen LogP contribution < -0.4 is 10.3 Å². The van der Waals surface area contributed by atoms with Crippen LogP contribution in [0.2, 0.25) is 0 Å². The zero-order valence-corrected chi connectivity index (χ0v) is 17.9. The third-order valence-electron chi connectivity index (χ3n) is 6.36. The lowest BCUT2D eigenvalue weighted by atomic mass is 9.59. The summed E-state index contributed by atoms with van der Waals surface area (Å²) in [6.45, 7) is -0.0194. The number of para-hydroxylation sites is 1. The normalized spacial score (nSPS) is 12.4. The van der Waals surface area contributed by atoms with Gasteiger partial charge in [-0.25, -0.2) is 4.98 Å². The Morgan fingerprint density at radius 3 is 1.84 bits per heavy atom. The monoisotopic (exact) mass is 411 g/mol. The van der Waals surface area contributed by atoms with E-state index in [1.807, 2.05) is 6.20 Å². The lowest BCUT2D eigenvalue weighted by Gasteiger charge is -2.36. The molecule has 4 aromatic carbocycles. The van der Waals surface area contributed by atoms with E-state index in [-0.39, 0.29) is 6.98 Å². The Hall–Kier alpha value is -4.05. The third-order valence-corrected chi connectivity index (χ3v) is 6.36. The molecule has 6 rings (SSSR count). The second-order valence-corrected chi connectivity index (χ2v) is 8.16. The maximum Gasteiger partial charge on any atom is 0.417 e. The zero-order chi connectivity index (χ0) is 21.5. The highest BCUT2D eigenvalue weighted by Gasteiger charge is 2.38. The highest BCUT2D eigenvalue weighted by molar-refractivity contribution is 6.78. The van der Waals surface area contributed by atoms with Crippen molar-refractivity contribution >= 4 is 18.1 Å². The first-order valence-electron chi connectivity index (χ1n) is 10.9. The van der Waals surface area contributed by atoms with Crippen LogP contribution in [0.3, 0.4) is 0 Å². The van der Waals surface area contributed by atoms with Crippen LogP contribution in [0, 0.1) is 0 Å². The van der Waals surface area contributed by atoms with E-state index in [2.05, 4.69) is 126 Å². The predicted molar refractivity (Wildman–Crippen MR) is 134 cm³/mol. The molecular weight excluding hydrogens is 389 g/mol. The molecule has 0 aliphatic carbocycles. The second kappa shape index (κ2) is 7.58. The van der Waals surface area contributed by atoms with Crippen LogP contribution >= 0.6 is 0 Å². The molecule has 0 amide bonds. The molecule has 0 bridgehead atoms. The van der Waals surface area contributed by atoms with E-state index < -0.39 is 0 Å². The number of aromatic nitrogens is 2. The first kappa shape index (κ1) is 18.7. The molecule has 2 heterocycles. The van der Waals surface area contributed by atoms with Gasteiger partial charge in [-0.3, -0.25) is 0 Å². The number of benzene rings is 4. The van der Waals surface area contributed by atoms with E-state index in [4.69, 9.17) is 4.98 Å². The summed E-state index contributed by atoms with van der Waals surface area (Å²) in [4.78, 5) is 7.12. The van der Waals surface area contributed by atoms with Crippen LogP contribution in [0.5, 0.6) is 0 Å². The average Bonchev–Trinajstić information content (AvgIpc) is 3.35. The summed E-state index contributed by atoms with van der Waals surface area (Å²) in [5, 5.41) is 0. The Morgan fingerprint density at radius 1 is 0.625 bits per heavy atom. The van der Waals surface area contributed by atoms with Gasteiger partial charge in [-0.15, -0.1) is 0 Å². The molecule has 0 fully saturated rings. The van der Waals surface area contributed by atoms with Crippen molar-refractivity contribution in [2.75, 3.05) is 11.9 Å². The summed E-state index contributed by atoms with van der Waals surface area (Å²) in [7, 11) is 2.18. The zero-order valence-electron chi connectivity index (χ0n) is 17.9. The van der Waals surface area contributed by atoms with Gasteiger partial charge < -0.3 is 9.29 Å². The summed E-state index contributed by atoms with van der Waals surface area (Å²) in [6, 6.07) is 36.5. The smallest absolute Gasteiger partial charge is 0.394 e. The maximum atomic E-state index is 4.75. The largest absolute Gasteiger partial charge is 0.417 e. The molecule has 0 saturated heterocycles. The van der Waals surface area contributed by atoms with Crippen molar-refractivity contribution in [3.05, 3.63) is 116 Å². The Kier molecular flexibility index (Phi) is 4.43. The van der Waals surface area contributed by atoms with Crippen molar-refractivity contribution in [1.82, 2.24) is 9.46 Å². The number of anilines is 1. The van der Waals surface area contributed by atoms with Crippen LogP contribution in [-0.4, -0.2) is 23.5 Å². The average molecular weight is 411 g/mol. The summed E-state index contributed by atoms with van der Waals surface area (Å²) >= 11 is 0. The van der Waals surface area contributed by atoms with E-state index >= 15 is 0 Å². The van der Waals surface area contributed by atoms with E-state index in [1.54, 1.807) is 0 Å². The van der Waals surface area contributed by atoms with Crippen LogP contribution in [0.1, 0.15) is 0 Å². The summed E-state index contributed by atoms with van der Waals surface area (Å²) < 4.78 is 2.30. The summed E-state index contributed by atoms with van der Waals surface area (Å²) in [5.74, 6) is 1.01. The molecule has 152 valence electrons. The second-order valence-electron chi connectivity index (χ2n) is 8.16. The predicted octanol–water partition coefficient (Wildman–Crippen LogP) is 5.58. The standard InChI is InChI=1S/C28H22BN3/c1-31-26-18-9-8-15-25(26)28-30-19-20-32(28)29(31)27-23(21-11-4-2-5-12-21)16-10-17-24(27)22-13-6-3-7-14-22/h2-20H,1H3. The van der Waals surface area contributed by atoms with Crippen molar-refractivity contribution in [3.63, 3.8) is 0 Å². The van der Waals surface area contributed by atoms with Gasteiger partial charge in [-0.2, -0.15) is 0 Å². The molecule has 0 atom stereocenters. The van der Waals surface area contributed by atoms with Gasteiger partial charge in [0.25, 0.3) is 0 Å². The number of nitrogens with zero attached hydrogens (tertiary/aromatic N) is 3. The van der Waals surface area contributed by atoms with Gasteiger partial charge in [0.15, 0.2) is 0 Å². The van der Waals surface area contributed by atoms with Gasteiger partial charge in [-0.05, 0) is 46.9 Å². The Labute approximate surface area is 188 Å². The third kappa shape index (κ3) is 2.88. The number of rotatable bonds is 3. The molecule has 4 heteroatoms. The van der Waals surface area contributed by atoms with Crippen molar-refractivity contribution in [2.24, 2.45) is 0 Å². The van der Waals surface area contributed by atoms with Gasteiger partial charge in [0.1, 0.15) is 5.82 Å². The minimum absolute atomic E-state index is 0.0194. The fourth-order valence-electron chi connectivity index (χ4n) is 4.92. The van der Waals surface area contributed by atoms with Gasteiger partial charge in [-0.1, -0.05) is 91.0 Å². The molecule has 0 spiro atoms. The quantitative estimate of drug-likeness (QED) is 0.362. The topological polar surface area (TPSA) is 21.1 Å². The lowest BCUT2D eigenvalue weighted by Crippen LogP contribution is -2.55. The molecule has 0 N–H and O–H groups in total. The molecule has 1 aromatic heterocycles. The van der Waals surface area contributed by atoms with Gasteiger partial charge in [0.2, 0.25) is 0 Å². The number of imidazole rings is 1. The van der Waals surface area contributed by atoms with Crippen molar-refractivity contribution in [1.29, 1.82) is 0 Å². The molecule has 0 unspecified atom stereocenters. The molecular formula is C28H22BN3. The molecule has 1 aliphatic heterocycles. The van der Waals surface area contributed by atoms with E-state index in [9.17, 15) is 0 Å².